The predicted octanol–water partition coefficient (Wildman–Crippen LogP) is 2.72. The van der Waals surface area contributed by atoms with Crippen LogP contribution in [0, 0.1) is 0 Å². The molecule has 0 unspecified atom stereocenters. The van der Waals surface area contributed by atoms with Crippen molar-refractivity contribution in [3.05, 3.63) is 54.4 Å². The van der Waals surface area contributed by atoms with E-state index in [4.69, 9.17) is 10.5 Å². The Kier molecular flexibility index (Phi) is 4.46. The van der Waals surface area contributed by atoms with E-state index in [9.17, 15) is 4.79 Å². The molecule has 25 heavy (non-hydrogen) atoms. The smallest absolute Gasteiger partial charge is 0.237 e. The summed E-state index contributed by atoms with van der Waals surface area (Å²) in [7, 11) is 1.94. The minimum absolute atomic E-state index is 0.398. The number of hydrogen-bond acceptors (Lipinski definition) is 4. The minimum Gasteiger partial charge on any atom is -0.457 e. The first-order valence-corrected chi connectivity index (χ1v) is 8.10. The van der Waals surface area contributed by atoms with Gasteiger partial charge in [0.05, 0.1) is 23.1 Å². The molecule has 0 saturated carbocycles. The summed E-state index contributed by atoms with van der Waals surface area (Å²) in [5.74, 6) is 1.96. The van der Waals surface area contributed by atoms with Gasteiger partial charge in [0, 0.05) is 13.1 Å². The number of benzene rings is 2. The van der Waals surface area contributed by atoms with Crippen molar-refractivity contribution in [1.29, 1.82) is 0 Å². The Morgan fingerprint density at radius 2 is 1.92 bits per heavy atom. The molecule has 0 aliphatic heterocycles. The van der Waals surface area contributed by atoms with Gasteiger partial charge in [0.2, 0.25) is 5.91 Å². The molecule has 3 rings (SSSR count). The lowest BCUT2D eigenvalue weighted by atomic mass is 10.1. The molecule has 0 bridgehead atoms. The van der Waals surface area contributed by atoms with E-state index in [2.05, 4.69) is 10.3 Å². The lowest BCUT2D eigenvalue weighted by Gasteiger charge is -2.21. The maximum Gasteiger partial charge on any atom is 0.237 e. The molecule has 3 N–H and O–H groups in total. The van der Waals surface area contributed by atoms with Crippen LogP contribution in [0.4, 0.5) is 0 Å². The van der Waals surface area contributed by atoms with Gasteiger partial charge in [0.1, 0.15) is 17.3 Å². The van der Waals surface area contributed by atoms with E-state index in [1.54, 1.807) is 13.8 Å². The van der Waals surface area contributed by atoms with Crippen LogP contribution in [0.5, 0.6) is 11.5 Å². The fraction of sp³-hybridized carbons (Fsp3) is 0.263. The van der Waals surface area contributed by atoms with Crippen LogP contribution in [0.2, 0.25) is 0 Å². The van der Waals surface area contributed by atoms with Gasteiger partial charge in [-0.05, 0) is 38.1 Å². The van der Waals surface area contributed by atoms with Crippen molar-refractivity contribution in [1.82, 2.24) is 14.9 Å². The number of amides is 1. The summed E-state index contributed by atoms with van der Waals surface area (Å²) < 4.78 is 7.86. The molecule has 2 aromatic carbocycles. The van der Waals surface area contributed by atoms with Crippen LogP contribution in [0.15, 0.2) is 48.5 Å². The number of carbonyl (C=O) groups is 1. The molecule has 0 fully saturated rings. The molecule has 0 aliphatic rings. The summed E-state index contributed by atoms with van der Waals surface area (Å²) in [6.07, 6.45) is 0. The second kappa shape index (κ2) is 6.57. The molecule has 3 aromatic rings. The predicted molar refractivity (Wildman–Crippen MR) is 97.3 cm³/mol. The Balaban J connectivity index is 1.83. The zero-order valence-corrected chi connectivity index (χ0v) is 14.6. The number of para-hydroxylation sites is 1. The zero-order chi connectivity index (χ0) is 18.0. The Morgan fingerprint density at radius 1 is 1.20 bits per heavy atom. The van der Waals surface area contributed by atoms with Crippen LogP contribution in [0.25, 0.3) is 11.0 Å². The van der Waals surface area contributed by atoms with Crippen LogP contribution < -0.4 is 15.8 Å². The van der Waals surface area contributed by atoms with Gasteiger partial charge in [-0.3, -0.25) is 10.1 Å². The van der Waals surface area contributed by atoms with Crippen LogP contribution in [-0.4, -0.2) is 21.0 Å². The van der Waals surface area contributed by atoms with Crippen molar-refractivity contribution in [2.45, 2.75) is 25.9 Å². The number of nitrogens with one attached hydrogen (secondary N) is 1. The highest BCUT2D eigenvalue weighted by atomic mass is 16.5. The molecule has 0 saturated heterocycles. The van der Waals surface area contributed by atoms with Crippen LogP contribution in [-0.2, 0) is 18.4 Å². The number of nitrogens with two attached hydrogens (primary N) is 1. The quantitative estimate of drug-likeness (QED) is 0.724. The average Bonchev–Trinajstić information content (AvgIpc) is 2.90. The molecule has 1 aromatic heterocycles. The monoisotopic (exact) mass is 338 g/mol. The molecule has 0 radical (unpaired) electrons. The first-order valence-electron chi connectivity index (χ1n) is 8.10. The molecular weight excluding hydrogens is 316 g/mol. The van der Waals surface area contributed by atoms with Crippen LogP contribution in [0.1, 0.15) is 19.7 Å². The van der Waals surface area contributed by atoms with Gasteiger partial charge >= 0.3 is 0 Å². The number of primary amides is 1. The molecule has 1 amide bonds. The molecule has 0 aliphatic carbocycles. The minimum atomic E-state index is -0.792. The van der Waals surface area contributed by atoms with Gasteiger partial charge in [-0.15, -0.1) is 0 Å². The summed E-state index contributed by atoms with van der Waals surface area (Å²) in [5.41, 5.74) is 6.44. The van der Waals surface area contributed by atoms with Crippen molar-refractivity contribution in [2.24, 2.45) is 12.8 Å². The van der Waals surface area contributed by atoms with E-state index in [0.29, 0.717) is 6.54 Å². The third kappa shape index (κ3) is 3.64. The van der Waals surface area contributed by atoms with E-state index in [1.807, 2.05) is 60.1 Å². The summed E-state index contributed by atoms with van der Waals surface area (Å²) in [5, 5.41) is 3.14. The maximum absolute atomic E-state index is 11.4. The van der Waals surface area contributed by atoms with Crippen molar-refractivity contribution < 1.29 is 9.53 Å². The Bertz CT molecular complexity index is 900. The third-order valence-electron chi connectivity index (χ3n) is 4.23. The molecule has 1 heterocycles. The van der Waals surface area contributed by atoms with Crippen LogP contribution in [0.3, 0.4) is 0 Å². The van der Waals surface area contributed by atoms with Gasteiger partial charge in [0.15, 0.2) is 0 Å². The fourth-order valence-corrected chi connectivity index (χ4v) is 2.45. The first-order chi connectivity index (χ1) is 11.9. The third-order valence-corrected chi connectivity index (χ3v) is 4.23. The highest BCUT2D eigenvalue weighted by molar-refractivity contribution is 5.83. The second-order valence-corrected chi connectivity index (χ2v) is 6.50. The van der Waals surface area contributed by atoms with Crippen LogP contribution >= 0.6 is 0 Å². The van der Waals surface area contributed by atoms with Gasteiger partial charge in [-0.2, -0.15) is 0 Å². The second-order valence-electron chi connectivity index (χ2n) is 6.50. The average molecular weight is 338 g/mol. The number of hydrogen-bond donors (Lipinski definition) is 2. The number of rotatable bonds is 6. The highest BCUT2D eigenvalue weighted by Crippen LogP contribution is 2.25. The van der Waals surface area contributed by atoms with Gasteiger partial charge in [0.25, 0.3) is 0 Å². The Hall–Kier alpha value is -2.86. The number of ether oxygens (including phenoxy) is 1. The topological polar surface area (TPSA) is 82.2 Å². The fourth-order valence-electron chi connectivity index (χ4n) is 2.45. The molecule has 6 heteroatoms. The lowest BCUT2D eigenvalue weighted by molar-refractivity contribution is -0.123. The van der Waals surface area contributed by atoms with Crippen molar-refractivity contribution in [3.8, 4) is 11.5 Å². The Morgan fingerprint density at radius 3 is 2.60 bits per heavy atom. The van der Waals surface area contributed by atoms with Crippen molar-refractivity contribution in [2.75, 3.05) is 0 Å². The number of nitrogens with zero attached hydrogens (tertiary/aromatic N) is 2. The highest BCUT2D eigenvalue weighted by Gasteiger charge is 2.24. The number of imidazole rings is 1. The van der Waals surface area contributed by atoms with E-state index in [-0.39, 0.29) is 0 Å². The zero-order valence-electron chi connectivity index (χ0n) is 14.6. The molecular formula is C19H22N4O2. The largest absolute Gasteiger partial charge is 0.457 e. The van der Waals surface area contributed by atoms with Crippen molar-refractivity contribution in [3.63, 3.8) is 0 Å². The summed E-state index contributed by atoms with van der Waals surface area (Å²) in [4.78, 5) is 16.0. The van der Waals surface area contributed by atoms with Gasteiger partial charge in [-0.1, -0.05) is 18.2 Å². The van der Waals surface area contributed by atoms with E-state index >= 15 is 0 Å². The van der Waals surface area contributed by atoms with Gasteiger partial charge < -0.3 is 15.0 Å². The molecule has 130 valence electrons. The molecule has 0 atom stereocenters. The standard InChI is InChI=1S/C19H22N4O2/c1-19(2,18(20)24)21-12-17-22-15-10-9-14(11-16(15)23(17)3)25-13-7-5-4-6-8-13/h4-11,21H,12H2,1-3H3,(H2,20,24). The number of fused-ring (bicyclic) bond motifs is 1. The summed E-state index contributed by atoms with van der Waals surface area (Å²) >= 11 is 0. The Labute approximate surface area is 146 Å². The maximum atomic E-state index is 11.4. The normalized spacial score (nSPS) is 11.6. The molecule has 6 nitrogen and oxygen atoms in total. The number of aromatic nitrogens is 2. The molecule has 0 spiro atoms. The summed E-state index contributed by atoms with van der Waals surface area (Å²) in [6, 6.07) is 15.4. The number of carbonyl (C=O) groups excluding carboxylic acids is 1. The summed E-state index contributed by atoms with van der Waals surface area (Å²) in [6.45, 7) is 3.95. The van der Waals surface area contributed by atoms with E-state index in [1.165, 1.54) is 0 Å². The van der Waals surface area contributed by atoms with Gasteiger partial charge in [-0.25, -0.2) is 4.98 Å². The first kappa shape index (κ1) is 17.0. The number of aryl methyl sites for hydroxylation is 1. The van der Waals surface area contributed by atoms with E-state index < -0.39 is 11.4 Å². The SMILES string of the molecule is Cn1c(CNC(C)(C)C(N)=O)nc2ccc(Oc3ccccc3)cc21. The lowest BCUT2D eigenvalue weighted by Crippen LogP contribution is -2.50. The van der Waals surface area contributed by atoms with E-state index in [0.717, 1.165) is 28.4 Å². The van der Waals surface area contributed by atoms with Crippen molar-refractivity contribution >= 4 is 16.9 Å².